The topological polar surface area (TPSA) is 55.8 Å². The lowest BCUT2D eigenvalue weighted by molar-refractivity contribution is 0.0469. The van der Waals surface area contributed by atoms with Crippen LogP contribution >= 0.6 is 0 Å². The van der Waals surface area contributed by atoms with Crippen LogP contribution in [0.1, 0.15) is 21.5 Å². The molecular weight excluding hydrogens is 322 g/mol. The van der Waals surface area contributed by atoms with Gasteiger partial charge in [0.1, 0.15) is 12.4 Å². The number of fused-ring (bicyclic) bond motifs is 2. The van der Waals surface area contributed by atoms with Gasteiger partial charge in [0.25, 0.3) is 0 Å². The van der Waals surface area contributed by atoms with Crippen molar-refractivity contribution in [2.75, 3.05) is 0 Å². The minimum absolute atomic E-state index is 0.0375. The average Bonchev–Trinajstić information content (AvgIpc) is 2.99. The van der Waals surface area contributed by atoms with Crippen LogP contribution in [0, 0.1) is 5.82 Å². The van der Waals surface area contributed by atoms with Gasteiger partial charge in [0, 0.05) is 0 Å². The summed E-state index contributed by atoms with van der Waals surface area (Å²) in [5, 5.41) is 11.7. The molecule has 0 radical (unpaired) electrons. The molecule has 0 saturated carbocycles. The molecule has 1 aliphatic heterocycles. The highest BCUT2D eigenvalue weighted by Crippen LogP contribution is 2.21. The summed E-state index contributed by atoms with van der Waals surface area (Å²) in [6, 6.07) is 16.0. The second kappa shape index (κ2) is 6.31. The first-order valence-electron chi connectivity index (χ1n) is 7.89. The number of carbonyl (C=O) groups is 1. The van der Waals surface area contributed by atoms with Crippen LogP contribution in [0.5, 0.6) is 0 Å². The zero-order valence-corrected chi connectivity index (χ0v) is 13.2. The van der Waals surface area contributed by atoms with Gasteiger partial charge in [0.2, 0.25) is 0 Å². The van der Waals surface area contributed by atoms with Crippen molar-refractivity contribution in [2.45, 2.75) is 13.2 Å². The quantitative estimate of drug-likeness (QED) is 0.590. The maximum Gasteiger partial charge on any atom is 0.491 e. The molecule has 4 rings (SSSR count). The Morgan fingerprint density at radius 2 is 2.00 bits per heavy atom. The van der Waals surface area contributed by atoms with Gasteiger partial charge in [0.15, 0.2) is 0 Å². The molecule has 0 saturated heterocycles. The third-order valence-electron chi connectivity index (χ3n) is 4.35. The van der Waals surface area contributed by atoms with Crippen molar-refractivity contribution in [3.63, 3.8) is 0 Å². The maximum absolute atomic E-state index is 14.2. The van der Waals surface area contributed by atoms with Gasteiger partial charge < -0.3 is 14.4 Å². The fraction of sp³-hybridized carbons (Fsp3) is 0.105. The van der Waals surface area contributed by atoms with Crippen molar-refractivity contribution in [1.82, 2.24) is 0 Å². The summed E-state index contributed by atoms with van der Waals surface area (Å²) in [6.45, 7) is 0.161. The van der Waals surface area contributed by atoms with Gasteiger partial charge in [-0.05, 0) is 39.5 Å². The largest absolute Gasteiger partial charge is 0.491 e. The molecule has 124 valence electrons. The van der Waals surface area contributed by atoms with E-state index in [9.17, 15) is 14.2 Å². The fourth-order valence-electron chi connectivity index (χ4n) is 3.04. The van der Waals surface area contributed by atoms with Crippen molar-refractivity contribution in [2.24, 2.45) is 0 Å². The second-order valence-corrected chi connectivity index (χ2v) is 5.91. The van der Waals surface area contributed by atoms with Crippen LogP contribution in [0.15, 0.2) is 54.6 Å². The molecule has 3 aromatic rings. The average molecular weight is 336 g/mol. The van der Waals surface area contributed by atoms with Gasteiger partial charge in [-0.2, -0.15) is 0 Å². The maximum atomic E-state index is 14.2. The van der Waals surface area contributed by atoms with E-state index >= 15 is 0 Å². The van der Waals surface area contributed by atoms with E-state index in [1.807, 2.05) is 42.5 Å². The molecule has 1 aliphatic rings. The van der Waals surface area contributed by atoms with E-state index in [4.69, 9.17) is 9.39 Å². The molecule has 0 fully saturated rings. The SMILES string of the molecule is O=C(OCc1cccc2ccccc12)c1cc2c(cc1F)COB2O. The van der Waals surface area contributed by atoms with Gasteiger partial charge >= 0.3 is 13.1 Å². The van der Waals surface area contributed by atoms with E-state index in [1.165, 1.54) is 12.1 Å². The summed E-state index contributed by atoms with van der Waals surface area (Å²) < 4.78 is 24.5. The van der Waals surface area contributed by atoms with Gasteiger partial charge in [-0.3, -0.25) is 0 Å². The van der Waals surface area contributed by atoms with Crippen LogP contribution < -0.4 is 5.46 Å². The summed E-state index contributed by atoms with van der Waals surface area (Å²) >= 11 is 0. The van der Waals surface area contributed by atoms with Crippen molar-refractivity contribution in [1.29, 1.82) is 0 Å². The van der Waals surface area contributed by atoms with E-state index in [1.54, 1.807) is 0 Å². The summed E-state index contributed by atoms with van der Waals surface area (Å²) in [6.07, 6.45) is 0. The Kier molecular flexibility index (Phi) is 3.99. The van der Waals surface area contributed by atoms with E-state index in [2.05, 4.69) is 0 Å². The molecule has 0 bridgehead atoms. The molecule has 0 aromatic heterocycles. The number of carbonyl (C=O) groups excluding carboxylic acids is 1. The monoisotopic (exact) mass is 336 g/mol. The molecular formula is C19H14BFO4. The fourth-order valence-corrected chi connectivity index (χ4v) is 3.04. The molecule has 1 N–H and O–H groups in total. The van der Waals surface area contributed by atoms with Crippen LogP contribution in [0.2, 0.25) is 0 Å². The summed E-state index contributed by atoms with van der Waals surface area (Å²) in [5.41, 5.74) is 1.58. The van der Waals surface area contributed by atoms with Crippen LogP contribution in [0.25, 0.3) is 10.8 Å². The molecule has 3 aromatic carbocycles. The Morgan fingerprint density at radius 1 is 1.20 bits per heavy atom. The number of halogens is 1. The predicted octanol–water partition coefficient (Wildman–Crippen LogP) is 2.55. The second-order valence-electron chi connectivity index (χ2n) is 5.91. The molecule has 6 heteroatoms. The Labute approximate surface area is 144 Å². The van der Waals surface area contributed by atoms with Crippen molar-refractivity contribution < 1.29 is 23.6 Å². The lowest BCUT2D eigenvalue weighted by Gasteiger charge is -2.10. The molecule has 25 heavy (non-hydrogen) atoms. The predicted molar refractivity (Wildman–Crippen MR) is 91.9 cm³/mol. The molecule has 4 nitrogen and oxygen atoms in total. The number of benzene rings is 3. The number of hydrogen-bond acceptors (Lipinski definition) is 4. The summed E-state index contributed by atoms with van der Waals surface area (Å²) in [7, 11) is -1.14. The van der Waals surface area contributed by atoms with Crippen LogP contribution in [0.4, 0.5) is 4.39 Å². The van der Waals surface area contributed by atoms with Crippen molar-refractivity contribution in [3.05, 3.63) is 77.1 Å². The zero-order valence-electron chi connectivity index (χ0n) is 13.2. The van der Waals surface area contributed by atoms with Gasteiger partial charge in [-0.15, -0.1) is 0 Å². The zero-order chi connectivity index (χ0) is 17.4. The lowest BCUT2D eigenvalue weighted by atomic mass is 9.78. The third kappa shape index (κ3) is 2.90. The van der Waals surface area contributed by atoms with Crippen LogP contribution in [-0.2, 0) is 22.6 Å². The van der Waals surface area contributed by atoms with E-state index in [0.29, 0.717) is 11.0 Å². The summed E-state index contributed by atoms with van der Waals surface area (Å²) in [4.78, 5) is 12.3. The highest BCUT2D eigenvalue weighted by molar-refractivity contribution is 6.61. The van der Waals surface area contributed by atoms with Gasteiger partial charge in [-0.1, -0.05) is 42.5 Å². The normalized spacial score (nSPS) is 13.1. The molecule has 1 heterocycles. The number of rotatable bonds is 3. The van der Waals surface area contributed by atoms with Crippen LogP contribution in [-0.4, -0.2) is 18.1 Å². The smallest absolute Gasteiger partial charge is 0.457 e. The van der Waals surface area contributed by atoms with E-state index in [0.717, 1.165) is 16.3 Å². The molecule has 0 aliphatic carbocycles. The Hall–Kier alpha value is -2.70. The standard InChI is InChI=1S/C19H14BFO4/c21-18-8-14-11-25-20(23)17(14)9-16(18)19(22)24-10-13-6-3-5-12-4-1-2-7-15(12)13/h1-9,23H,10-11H2. The lowest BCUT2D eigenvalue weighted by Crippen LogP contribution is -2.29. The highest BCUT2D eigenvalue weighted by Gasteiger charge is 2.30. The molecule has 0 spiro atoms. The number of ether oxygens (including phenoxy) is 1. The first-order valence-corrected chi connectivity index (χ1v) is 7.89. The summed E-state index contributed by atoms with van der Waals surface area (Å²) in [5.74, 6) is -1.45. The molecule has 0 unspecified atom stereocenters. The van der Waals surface area contributed by atoms with Crippen LogP contribution in [0.3, 0.4) is 0 Å². The van der Waals surface area contributed by atoms with Gasteiger partial charge in [0.05, 0.1) is 12.2 Å². The van der Waals surface area contributed by atoms with Gasteiger partial charge in [-0.25, -0.2) is 9.18 Å². The Balaban J connectivity index is 1.58. The molecule has 0 atom stereocenters. The van der Waals surface area contributed by atoms with Crippen molar-refractivity contribution >= 4 is 29.3 Å². The third-order valence-corrected chi connectivity index (χ3v) is 4.35. The number of esters is 1. The Bertz CT molecular complexity index is 968. The van der Waals surface area contributed by atoms with E-state index in [-0.39, 0.29) is 18.8 Å². The minimum atomic E-state index is -1.14. The number of hydrogen-bond donors (Lipinski definition) is 1. The highest BCUT2D eigenvalue weighted by atomic mass is 19.1. The first-order chi connectivity index (χ1) is 12.1. The van der Waals surface area contributed by atoms with E-state index < -0.39 is 18.9 Å². The Morgan fingerprint density at radius 3 is 2.88 bits per heavy atom. The minimum Gasteiger partial charge on any atom is -0.457 e. The molecule has 0 amide bonds. The van der Waals surface area contributed by atoms with Crippen molar-refractivity contribution in [3.8, 4) is 0 Å². The first kappa shape index (κ1) is 15.8.